The van der Waals surface area contributed by atoms with Gasteiger partial charge in [-0.3, -0.25) is 9.58 Å². The maximum absolute atomic E-state index is 12.8. The van der Waals surface area contributed by atoms with E-state index >= 15 is 0 Å². The van der Waals surface area contributed by atoms with Crippen LogP contribution < -0.4 is 0 Å². The predicted octanol–water partition coefficient (Wildman–Crippen LogP) is 4.61. The van der Waals surface area contributed by atoms with Crippen molar-refractivity contribution in [1.82, 2.24) is 14.7 Å². The van der Waals surface area contributed by atoms with E-state index in [1.54, 1.807) is 4.68 Å². The number of benzene rings is 2. The summed E-state index contributed by atoms with van der Waals surface area (Å²) in [5.74, 6) is 0. The predicted molar refractivity (Wildman–Crippen MR) is 95.5 cm³/mol. The number of aromatic nitrogens is 2. The van der Waals surface area contributed by atoms with Gasteiger partial charge >= 0.3 is 12.3 Å². The summed E-state index contributed by atoms with van der Waals surface area (Å²) in [6, 6.07) is 14.4. The Morgan fingerprint density at radius 2 is 1.71 bits per heavy atom. The summed E-state index contributed by atoms with van der Waals surface area (Å²) in [7, 11) is 0. The molecule has 0 radical (unpaired) electrons. The molecule has 0 spiro atoms. The highest BCUT2D eigenvalue weighted by Crippen LogP contribution is 2.35. The number of carboxylic acid groups (broad SMARTS) is 1. The highest BCUT2D eigenvalue weighted by Gasteiger charge is 2.32. The topological polar surface area (TPSA) is 58.4 Å². The average Bonchev–Trinajstić information content (AvgIpc) is 3.23. The Balaban J connectivity index is 1.74. The lowest BCUT2D eigenvalue weighted by Crippen LogP contribution is -2.24. The van der Waals surface area contributed by atoms with Gasteiger partial charge in [0.2, 0.25) is 0 Å². The molecule has 1 aromatic heterocycles. The Kier molecular flexibility index (Phi) is 4.33. The van der Waals surface area contributed by atoms with E-state index < -0.39 is 17.8 Å². The summed E-state index contributed by atoms with van der Waals surface area (Å²) in [6.07, 6.45) is -5.45. The second kappa shape index (κ2) is 6.70. The largest absolute Gasteiger partial charge is 0.465 e. The van der Waals surface area contributed by atoms with Gasteiger partial charge in [-0.2, -0.15) is 18.3 Å². The Labute approximate surface area is 158 Å². The standard InChI is InChI=1S/C20H16F3N3O2/c21-20(22,23)15-8-6-14(7-9-15)18-16-11-25(19(27)28)12-17(16)26(24-18)10-13-4-2-1-3-5-13/h1-9H,10-12H2,(H,27,28). The van der Waals surface area contributed by atoms with Crippen LogP contribution in [0.5, 0.6) is 0 Å². The van der Waals surface area contributed by atoms with Crippen molar-refractivity contribution >= 4 is 6.09 Å². The zero-order chi connectivity index (χ0) is 19.9. The molecule has 0 saturated carbocycles. The number of alkyl halides is 3. The molecule has 5 nitrogen and oxygen atoms in total. The summed E-state index contributed by atoms with van der Waals surface area (Å²) in [5.41, 5.74) is 2.82. The van der Waals surface area contributed by atoms with Gasteiger partial charge in [0, 0.05) is 11.1 Å². The fourth-order valence-corrected chi connectivity index (χ4v) is 3.38. The number of fused-ring (bicyclic) bond motifs is 1. The number of hydrogen-bond acceptors (Lipinski definition) is 2. The van der Waals surface area contributed by atoms with Gasteiger partial charge in [-0.1, -0.05) is 42.5 Å². The van der Waals surface area contributed by atoms with Crippen molar-refractivity contribution in [3.8, 4) is 11.3 Å². The number of carbonyl (C=O) groups is 1. The van der Waals surface area contributed by atoms with E-state index in [4.69, 9.17) is 0 Å². The molecule has 1 aliphatic heterocycles. The van der Waals surface area contributed by atoms with E-state index in [1.165, 1.54) is 17.0 Å². The first-order valence-electron chi connectivity index (χ1n) is 8.61. The average molecular weight is 387 g/mol. The number of hydrogen-bond donors (Lipinski definition) is 1. The van der Waals surface area contributed by atoms with Crippen LogP contribution >= 0.6 is 0 Å². The van der Waals surface area contributed by atoms with Crippen LogP contribution in [0, 0.1) is 0 Å². The fraction of sp³-hybridized carbons (Fsp3) is 0.200. The fourth-order valence-electron chi connectivity index (χ4n) is 3.38. The smallest absolute Gasteiger partial charge is 0.416 e. The number of nitrogens with zero attached hydrogens (tertiary/aromatic N) is 3. The Hall–Kier alpha value is -3.29. The summed E-state index contributed by atoms with van der Waals surface area (Å²) in [5, 5.41) is 13.9. The third-order valence-corrected chi connectivity index (χ3v) is 4.79. The van der Waals surface area contributed by atoms with E-state index in [-0.39, 0.29) is 13.1 Å². The molecule has 0 fully saturated rings. The monoisotopic (exact) mass is 387 g/mol. The molecular formula is C20H16F3N3O2. The molecule has 1 amide bonds. The molecule has 144 valence electrons. The van der Waals surface area contributed by atoms with Crippen molar-refractivity contribution in [2.75, 3.05) is 0 Å². The van der Waals surface area contributed by atoms with E-state index in [9.17, 15) is 23.1 Å². The van der Waals surface area contributed by atoms with Crippen LogP contribution in [0.15, 0.2) is 54.6 Å². The first kappa shape index (κ1) is 18.1. The van der Waals surface area contributed by atoms with Crippen molar-refractivity contribution in [2.24, 2.45) is 0 Å². The van der Waals surface area contributed by atoms with Gasteiger partial charge in [0.25, 0.3) is 0 Å². The highest BCUT2D eigenvalue weighted by molar-refractivity contribution is 5.70. The maximum atomic E-state index is 12.8. The number of rotatable bonds is 3. The van der Waals surface area contributed by atoms with Gasteiger partial charge in [-0.15, -0.1) is 0 Å². The molecule has 0 bridgehead atoms. The van der Waals surface area contributed by atoms with Crippen LogP contribution in [-0.2, 0) is 25.8 Å². The molecule has 8 heteroatoms. The molecule has 28 heavy (non-hydrogen) atoms. The maximum Gasteiger partial charge on any atom is 0.416 e. The summed E-state index contributed by atoms with van der Waals surface area (Å²) >= 11 is 0. The van der Waals surface area contributed by atoms with Crippen LogP contribution in [-0.4, -0.2) is 25.9 Å². The van der Waals surface area contributed by atoms with Crippen LogP contribution in [0.25, 0.3) is 11.3 Å². The first-order valence-corrected chi connectivity index (χ1v) is 8.61. The normalized spacial score (nSPS) is 13.6. The van der Waals surface area contributed by atoms with Gasteiger partial charge in [0.1, 0.15) is 0 Å². The van der Waals surface area contributed by atoms with Gasteiger partial charge < -0.3 is 5.11 Å². The second-order valence-electron chi connectivity index (χ2n) is 6.63. The molecule has 2 heterocycles. The zero-order valence-corrected chi connectivity index (χ0v) is 14.6. The van der Waals surface area contributed by atoms with Crippen molar-refractivity contribution in [3.05, 3.63) is 77.0 Å². The van der Waals surface area contributed by atoms with E-state index in [1.807, 2.05) is 30.3 Å². The van der Waals surface area contributed by atoms with Crippen LogP contribution in [0.4, 0.5) is 18.0 Å². The van der Waals surface area contributed by atoms with Gasteiger partial charge in [0.05, 0.1) is 36.6 Å². The summed E-state index contributed by atoms with van der Waals surface area (Å²) in [6.45, 7) is 0.818. The lowest BCUT2D eigenvalue weighted by molar-refractivity contribution is -0.137. The van der Waals surface area contributed by atoms with Gasteiger partial charge in [-0.05, 0) is 17.7 Å². The molecule has 0 saturated heterocycles. The SMILES string of the molecule is O=C(O)N1Cc2c(-c3ccc(C(F)(F)F)cc3)nn(Cc3ccccc3)c2C1. The van der Waals surface area contributed by atoms with E-state index in [0.29, 0.717) is 17.8 Å². The van der Waals surface area contributed by atoms with Gasteiger partial charge in [-0.25, -0.2) is 4.79 Å². The molecule has 1 aliphatic rings. The third-order valence-electron chi connectivity index (χ3n) is 4.79. The quantitative estimate of drug-likeness (QED) is 0.714. The Morgan fingerprint density at radius 3 is 2.32 bits per heavy atom. The number of amides is 1. The minimum absolute atomic E-state index is 0.163. The minimum Gasteiger partial charge on any atom is -0.465 e. The number of halogens is 3. The van der Waals surface area contributed by atoms with Crippen LogP contribution in [0.2, 0.25) is 0 Å². The molecule has 0 aliphatic carbocycles. The van der Waals surface area contributed by atoms with Crippen LogP contribution in [0.3, 0.4) is 0 Å². The van der Waals surface area contributed by atoms with E-state index in [2.05, 4.69) is 5.10 Å². The lowest BCUT2D eigenvalue weighted by Gasteiger charge is -2.12. The van der Waals surface area contributed by atoms with Crippen molar-refractivity contribution in [3.63, 3.8) is 0 Å². The lowest BCUT2D eigenvalue weighted by atomic mass is 10.1. The molecule has 4 rings (SSSR count). The second-order valence-corrected chi connectivity index (χ2v) is 6.63. The highest BCUT2D eigenvalue weighted by atomic mass is 19.4. The molecule has 2 aromatic carbocycles. The third kappa shape index (κ3) is 3.33. The molecule has 1 N–H and O–H groups in total. The molecule has 0 atom stereocenters. The van der Waals surface area contributed by atoms with E-state index in [0.717, 1.165) is 29.0 Å². The van der Waals surface area contributed by atoms with Gasteiger partial charge in [0.15, 0.2) is 0 Å². The molecule has 0 unspecified atom stereocenters. The van der Waals surface area contributed by atoms with Crippen molar-refractivity contribution in [2.45, 2.75) is 25.8 Å². The first-order chi connectivity index (χ1) is 13.3. The van der Waals surface area contributed by atoms with Crippen LogP contribution in [0.1, 0.15) is 22.4 Å². The Bertz CT molecular complexity index is 1010. The Morgan fingerprint density at radius 1 is 1.04 bits per heavy atom. The van der Waals surface area contributed by atoms with Crippen molar-refractivity contribution < 1.29 is 23.1 Å². The van der Waals surface area contributed by atoms with Crippen molar-refractivity contribution in [1.29, 1.82) is 0 Å². The molecule has 3 aromatic rings. The zero-order valence-electron chi connectivity index (χ0n) is 14.6. The minimum atomic E-state index is -4.41. The molecular weight excluding hydrogens is 371 g/mol. The summed E-state index contributed by atoms with van der Waals surface area (Å²) < 4.78 is 40.2. The summed E-state index contributed by atoms with van der Waals surface area (Å²) in [4.78, 5) is 12.7.